The fourth-order valence-electron chi connectivity index (χ4n) is 6.30. The molecule has 0 radical (unpaired) electrons. The topological polar surface area (TPSA) is 76.1 Å². The summed E-state index contributed by atoms with van der Waals surface area (Å²) in [6, 6.07) is 5.74. The zero-order valence-electron chi connectivity index (χ0n) is 25.2. The molecule has 0 saturated heterocycles. The van der Waals surface area contributed by atoms with Gasteiger partial charge in [0, 0.05) is 29.8 Å². The monoisotopic (exact) mass is 577 g/mol. The molecule has 0 unspecified atom stereocenters. The number of ether oxygens (including phenoxy) is 2. The van der Waals surface area contributed by atoms with Gasteiger partial charge in [0.05, 0.1) is 12.2 Å². The van der Waals surface area contributed by atoms with Crippen LogP contribution < -0.4 is 4.74 Å². The zero-order chi connectivity index (χ0) is 30.7. The molecule has 3 aromatic carbocycles. The van der Waals surface area contributed by atoms with Crippen molar-refractivity contribution in [3.63, 3.8) is 0 Å². The van der Waals surface area contributed by atoms with Crippen LogP contribution in [0.1, 0.15) is 88.2 Å². The average molecular weight is 578 g/mol. The molecule has 8 heteroatoms. The molecule has 1 amide bonds. The fraction of sp³-hybridized carbons (Fsp3) is 0.412. The van der Waals surface area contributed by atoms with Gasteiger partial charge < -0.3 is 19.5 Å². The second-order valence-electron chi connectivity index (χ2n) is 12.4. The van der Waals surface area contributed by atoms with Crippen LogP contribution in [-0.4, -0.2) is 34.1 Å². The van der Waals surface area contributed by atoms with E-state index in [0.29, 0.717) is 46.4 Å². The third-order valence-electron chi connectivity index (χ3n) is 8.37. The Hall–Kier alpha value is -3.78. The van der Waals surface area contributed by atoms with Gasteiger partial charge in [-0.3, -0.25) is 4.79 Å². The quantitative estimate of drug-likeness (QED) is 0.345. The molecule has 0 aliphatic carbocycles. The van der Waals surface area contributed by atoms with Crippen LogP contribution in [0.15, 0.2) is 24.3 Å². The summed E-state index contributed by atoms with van der Waals surface area (Å²) >= 11 is 0. The maximum absolute atomic E-state index is 15.5. The number of rotatable bonds is 5. The van der Waals surface area contributed by atoms with E-state index in [1.54, 1.807) is 32.6 Å². The van der Waals surface area contributed by atoms with Crippen LogP contribution in [0.25, 0.3) is 11.1 Å². The third-order valence-corrected chi connectivity index (χ3v) is 8.37. The van der Waals surface area contributed by atoms with Gasteiger partial charge in [-0.05, 0) is 130 Å². The largest absolute Gasteiger partial charge is 0.490 e. The summed E-state index contributed by atoms with van der Waals surface area (Å²) in [6.07, 6.45) is 0.0874. The number of aryl methyl sites for hydroxylation is 1. The number of hydrogen-bond acceptors (Lipinski definition) is 4. The number of hydrogen-bond donors (Lipinski definition) is 1. The summed E-state index contributed by atoms with van der Waals surface area (Å²) in [5.41, 5.74) is 6.48. The lowest BCUT2D eigenvalue weighted by Gasteiger charge is -2.31. The molecule has 0 spiro atoms. The highest BCUT2D eigenvalue weighted by atomic mass is 19.1. The Morgan fingerprint density at radius 3 is 2.24 bits per heavy atom. The first-order chi connectivity index (χ1) is 19.7. The van der Waals surface area contributed by atoms with E-state index in [4.69, 9.17) is 9.47 Å². The summed E-state index contributed by atoms with van der Waals surface area (Å²) in [7, 11) is 0. The van der Waals surface area contributed by atoms with E-state index < -0.39 is 23.5 Å². The Bertz CT molecular complexity index is 1620. The van der Waals surface area contributed by atoms with Crippen molar-refractivity contribution >= 4 is 11.9 Å². The van der Waals surface area contributed by atoms with Gasteiger partial charge in [-0.25, -0.2) is 13.6 Å². The third kappa shape index (κ3) is 5.17. The summed E-state index contributed by atoms with van der Waals surface area (Å²) in [4.78, 5) is 28.0. The van der Waals surface area contributed by atoms with Crippen molar-refractivity contribution in [2.75, 3.05) is 6.61 Å². The number of benzene rings is 3. The van der Waals surface area contributed by atoms with Crippen molar-refractivity contribution in [3.8, 4) is 16.9 Å². The predicted octanol–water partition coefficient (Wildman–Crippen LogP) is 7.29. The standard InChI is InChI=1S/C34H37F2NO5/c1-17-13-21(10-11-26(17)35)32(38)37-15-24-19(3)28(23-14-27(36)30-22(18(23)2)9-8-12-41-30)29(20(4)25(24)16-37)31(33(39)40)42-34(5,6)7/h10-11,13-14,31H,8-9,12,15-16H2,1-7H3,(H,39,40)/t31-/m0/s1. The van der Waals surface area contributed by atoms with Crippen molar-refractivity contribution in [2.24, 2.45) is 0 Å². The van der Waals surface area contributed by atoms with Crippen molar-refractivity contribution in [3.05, 3.63) is 86.0 Å². The number of fused-ring (bicyclic) bond motifs is 2. The molecule has 0 saturated carbocycles. The lowest BCUT2D eigenvalue weighted by molar-refractivity contribution is -0.160. The molecule has 5 rings (SSSR count). The maximum Gasteiger partial charge on any atom is 0.337 e. The lowest BCUT2D eigenvalue weighted by atomic mass is 9.81. The van der Waals surface area contributed by atoms with E-state index in [2.05, 4.69) is 0 Å². The van der Waals surface area contributed by atoms with Gasteiger partial charge in [0.15, 0.2) is 17.7 Å². The zero-order valence-corrected chi connectivity index (χ0v) is 25.2. The van der Waals surface area contributed by atoms with Gasteiger partial charge in [0.2, 0.25) is 0 Å². The van der Waals surface area contributed by atoms with Crippen LogP contribution in [0.2, 0.25) is 0 Å². The van der Waals surface area contributed by atoms with Gasteiger partial charge in [-0.2, -0.15) is 0 Å². The normalized spacial score (nSPS) is 15.2. The molecule has 1 atom stereocenters. The van der Waals surface area contributed by atoms with Crippen molar-refractivity contribution in [1.82, 2.24) is 4.90 Å². The molecule has 2 aliphatic heterocycles. The number of carboxylic acid groups (broad SMARTS) is 1. The van der Waals surface area contributed by atoms with E-state index in [9.17, 15) is 19.1 Å². The number of carbonyl (C=O) groups excluding carboxylic acids is 1. The second-order valence-corrected chi connectivity index (χ2v) is 12.4. The molecule has 0 bridgehead atoms. The summed E-state index contributed by atoms with van der Waals surface area (Å²) in [5, 5.41) is 10.5. The van der Waals surface area contributed by atoms with Crippen LogP contribution in [-0.2, 0) is 29.0 Å². The minimum atomic E-state index is -1.33. The SMILES string of the molecule is Cc1cc(C(=O)N2Cc3c(C)c(-c4cc(F)c5c(c4C)CCCO5)c([C@H](OC(C)(C)C)C(=O)O)c(C)c3C2)ccc1F. The minimum Gasteiger partial charge on any atom is -0.490 e. The Labute approximate surface area is 245 Å². The highest BCUT2D eigenvalue weighted by molar-refractivity contribution is 5.95. The molecule has 6 nitrogen and oxygen atoms in total. The van der Waals surface area contributed by atoms with Crippen molar-refractivity contribution < 1.29 is 33.0 Å². The molecule has 0 fully saturated rings. The van der Waals surface area contributed by atoms with Gasteiger partial charge in [-0.15, -0.1) is 0 Å². The number of carboxylic acids is 1. The summed E-state index contributed by atoms with van der Waals surface area (Å²) in [6.45, 7) is 13.7. The van der Waals surface area contributed by atoms with E-state index in [1.165, 1.54) is 24.3 Å². The summed E-state index contributed by atoms with van der Waals surface area (Å²) < 4.78 is 41.3. The van der Waals surface area contributed by atoms with E-state index >= 15 is 4.39 Å². The first-order valence-corrected chi connectivity index (χ1v) is 14.3. The fourth-order valence-corrected chi connectivity index (χ4v) is 6.30. The molecule has 222 valence electrons. The molecule has 1 N–H and O–H groups in total. The minimum absolute atomic E-state index is 0.245. The average Bonchev–Trinajstić information content (AvgIpc) is 3.38. The Morgan fingerprint density at radius 2 is 1.62 bits per heavy atom. The van der Waals surface area contributed by atoms with Crippen molar-refractivity contribution in [2.45, 2.75) is 86.1 Å². The molecule has 42 heavy (non-hydrogen) atoms. The molecular formula is C34H37F2NO5. The van der Waals surface area contributed by atoms with Gasteiger partial charge in [0.1, 0.15) is 5.82 Å². The van der Waals surface area contributed by atoms with E-state index in [1.807, 2.05) is 20.8 Å². The Morgan fingerprint density at radius 1 is 0.952 bits per heavy atom. The number of halogens is 2. The molecule has 0 aromatic heterocycles. The summed E-state index contributed by atoms with van der Waals surface area (Å²) in [5.74, 6) is -2.01. The van der Waals surface area contributed by atoms with Crippen LogP contribution in [0.4, 0.5) is 8.78 Å². The van der Waals surface area contributed by atoms with Crippen LogP contribution in [0.3, 0.4) is 0 Å². The number of carbonyl (C=O) groups is 2. The molecule has 2 aliphatic rings. The number of amides is 1. The van der Waals surface area contributed by atoms with Gasteiger partial charge in [0.25, 0.3) is 5.91 Å². The van der Waals surface area contributed by atoms with Crippen molar-refractivity contribution in [1.29, 1.82) is 0 Å². The molecule has 2 heterocycles. The Kier molecular flexibility index (Phi) is 7.64. The molecule has 3 aromatic rings. The lowest BCUT2D eigenvalue weighted by Crippen LogP contribution is -2.29. The first kappa shape index (κ1) is 29.7. The predicted molar refractivity (Wildman–Crippen MR) is 156 cm³/mol. The maximum atomic E-state index is 15.5. The highest BCUT2D eigenvalue weighted by Gasteiger charge is 2.37. The van der Waals surface area contributed by atoms with E-state index in [-0.39, 0.29) is 30.6 Å². The van der Waals surface area contributed by atoms with Crippen LogP contribution >= 0.6 is 0 Å². The van der Waals surface area contributed by atoms with Gasteiger partial charge >= 0.3 is 5.97 Å². The van der Waals surface area contributed by atoms with Gasteiger partial charge in [-0.1, -0.05) is 0 Å². The van der Waals surface area contributed by atoms with Crippen LogP contribution in [0.5, 0.6) is 5.75 Å². The smallest absolute Gasteiger partial charge is 0.337 e. The number of nitrogens with zero attached hydrogens (tertiary/aromatic N) is 1. The number of aliphatic carboxylic acids is 1. The first-order valence-electron chi connectivity index (χ1n) is 14.3. The highest BCUT2D eigenvalue weighted by Crippen LogP contribution is 2.47. The van der Waals surface area contributed by atoms with Crippen LogP contribution in [0, 0.1) is 39.3 Å². The molecular weight excluding hydrogens is 540 g/mol. The Balaban J connectivity index is 1.73. The van der Waals surface area contributed by atoms with E-state index in [0.717, 1.165) is 34.2 Å². The second kappa shape index (κ2) is 10.8.